The van der Waals surface area contributed by atoms with Crippen LogP contribution in [-0.2, 0) is 0 Å². The van der Waals surface area contributed by atoms with Crippen LogP contribution in [0.5, 0.6) is 0 Å². The molecule has 1 atom stereocenters. The molecule has 6 nitrogen and oxygen atoms in total. The van der Waals surface area contributed by atoms with Gasteiger partial charge in [-0.15, -0.1) is 0 Å². The number of nitrogens with zero attached hydrogens (tertiary/aromatic N) is 2. The fourth-order valence-corrected chi connectivity index (χ4v) is 3.43. The van der Waals surface area contributed by atoms with Crippen molar-refractivity contribution in [2.45, 2.75) is 25.8 Å². The SMILES string of the molecule is Cc1cc([C@H]2CCCN2C(=O)c2ccc(-c3ccccc3)[nH]c2=O)on1. The molecule has 0 radical (unpaired) electrons. The highest BCUT2D eigenvalue weighted by atomic mass is 16.5. The second-order valence-electron chi connectivity index (χ2n) is 6.51. The largest absolute Gasteiger partial charge is 0.359 e. The topological polar surface area (TPSA) is 79.2 Å². The molecule has 3 aromatic rings. The van der Waals surface area contributed by atoms with Crippen molar-refractivity contribution < 1.29 is 9.32 Å². The van der Waals surface area contributed by atoms with E-state index in [1.165, 1.54) is 0 Å². The van der Waals surface area contributed by atoms with Crippen molar-refractivity contribution in [3.63, 3.8) is 0 Å². The van der Waals surface area contributed by atoms with Crippen LogP contribution in [0.4, 0.5) is 0 Å². The summed E-state index contributed by atoms with van der Waals surface area (Å²) in [6, 6.07) is 14.6. The lowest BCUT2D eigenvalue weighted by Crippen LogP contribution is -2.34. The number of hydrogen-bond donors (Lipinski definition) is 1. The van der Waals surface area contributed by atoms with Gasteiger partial charge in [-0.05, 0) is 37.5 Å². The summed E-state index contributed by atoms with van der Waals surface area (Å²) in [7, 11) is 0. The van der Waals surface area contributed by atoms with Crippen LogP contribution in [0.25, 0.3) is 11.3 Å². The van der Waals surface area contributed by atoms with Crippen molar-refractivity contribution in [1.82, 2.24) is 15.0 Å². The molecular weight excluding hydrogens is 330 g/mol. The standard InChI is InChI=1S/C20H19N3O3/c1-13-12-18(26-22-13)17-8-5-11-23(17)20(25)15-9-10-16(21-19(15)24)14-6-3-2-4-7-14/h2-4,6-7,9-10,12,17H,5,8,11H2,1H3,(H,21,24)/t17-/m1/s1. The first-order valence-corrected chi connectivity index (χ1v) is 8.66. The van der Waals surface area contributed by atoms with E-state index < -0.39 is 0 Å². The quantitative estimate of drug-likeness (QED) is 0.787. The molecular formula is C20H19N3O3. The molecule has 1 aromatic carbocycles. The summed E-state index contributed by atoms with van der Waals surface area (Å²) in [5, 5.41) is 3.91. The number of aromatic amines is 1. The second kappa shape index (κ2) is 6.63. The molecule has 0 aliphatic carbocycles. The zero-order valence-electron chi connectivity index (χ0n) is 14.4. The molecule has 0 unspecified atom stereocenters. The summed E-state index contributed by atoms with van der Waals surface area (Å²) in [4.78, 5) is 30.0. The number of aryl methyl sites for hydroxylation is 1. The van der Waals surface area contributed by atoms with E-state index in [9.17, 15) is 9.59 Å². The van der Waals surface area contributed by atoms with Crippen LogP contribution in [0.1, 0.15) is 40.7 Å². The van der Waals surface area contributed by atoms with Gasteiger partial charge in [0.2, 0.25) is 0 Å². The smallest absolute Gasteiger partial charge is 0.261 e. The van der Waals surface area contributed by atoms with Gasteiger partial charge in [-0.3, -0.25) is 9.59 Å². The molecule has 1 aliphatic rings. The van der Waals surface area contributed by atoms with E-state index in [0.717, 1.165) is 24.1 Å². The third-order valence-corrected chi connectivity index (χ3v) is 4.71. The van der Waals surface area contributed by atoms with Crippen molar-refractivity contribution in [3.05, 3.63) is 75.9 Å². The van der Waals surface area contributed by atoms with Crippen molar-refractivity contribution in [1.29, 1.82) is 0 Å². The Morgan fingerprint density at radius 2 is 2.04 bits per heavy atom. The molecule has 1 saturated heterocycles. The minimum Gasteiger partial charge on any atom is -0.359 e. The first-order chi connectivity index (χ1) is 12.6. The van der Waals surface area contributed by atoms with Crippen LogP contribution >= 0.6 is 0 Å². The summed E-state index contributed by atoms with van der Waals surface area (Å²) in [5.74, 6) is 0.396. The van der Waals surface area contributed by atoms with Crippen LogP contribution in [0.2, 0.25) is 0 Å². The summed E-state index contributed by atoms with van der Waals surface area (Å²) in [5.41, 5.74) is 2.14. The lowest BCUT2D eigenvalue weighted by Gasteiger charge is -2.22. The second-order valence-corrected chi connectivity index (χ2v) is 6.51. The Kier molecular flexibility index (Phi) is 4.16. The monoisotopic (exact) mass is 349 g/mol. The maximum absolute atomic E-state index is 12.9. The van der Waals surface area contributed by atoms with E-state index in [-0.39, 0.29) is 23.1 Å². The van der Waals surface area contributed by atoms with E-state index in [0.29, 0.717) is 18.0 Å². The van der Waals surface area contributed by atoms with Gasteiger partial charge in [0.25, 0.3) is 11.5 Å². The zero-order valence-corrected chi connectivity index (χ0v) is 14.4. The van der Waals surface area contributed by atoms with Gasteiger partial charge in [0.05, 0.1) is 11.7 Å². The summed E-state index contributed by atoms with van der Waals surface area (Å²) in [6.45, 7) is 2.45. The number of rotatable bonds is 3. The number of likely N-dealkylation sites (tertiary alicyclic amines) is 1. The Morgan fingerprint density at radius 1 is 1.23 bits per heavy atom. The minimum absolute atomic E-state index is 0.146. The van der Waals surface area contributed by atoms with Gasteiger partial charge in [-0.25, -0.2) is 0 Å². The number of benzene rings is 1. The fraction of sp³-hybridized carbons (Fsp3) is 0.250. The van der Waals surface area contributed by atoms with Gasteiger partial charge >= 0.3 is 0 Å². The van der Waals surface area contributed by atoms with Crippen LogP contribution in [0.3, 0.4) is 0 Å². The van der Waals surface area contributed by atoms with Crippen LogP contribution in [0, 0.1) is 6.92 Å². The minimum atomic E-state index is -0.379. The molecule has 2 aromatic heterocycles. The summed E-state index contributed by atoms with van der Waals surface area (Å²) < 4.78 is 5.34. The number of aromatic nitrogens is 2. The van der Waals surface area contributed by atoms with E-state index in [1.54, 1.807) is 17.0 Å². The van der Waals surface area contributed by atoms with Crippen molar-refractivity contribution >= 4 is 5.91 Å². The molecule has 1 fully saturated rings. The van der Waals surface area contributed by atoms with Gasteiger partial charge in [-0.2, -0.15) is 0 Å². The Labute approximate surface area is 150 Å². The first-order valence-electron chi connectivity index (χ1n) is 8.66. The maximum atomic E-state index is 12.9. The highest BCUT2D eigenvalue weighted by Gasteiger charge is 2.34. The Hall–Kier alpha value is -3.15. The lowest BCUT2D eigenvalue weighted by atomic mass is 10.1. The number of H-pyrrole nitrogens is 1. The zero-order chi connectivity index (χ0) is 18.1. The molecule has 0 bridgehead atoms. The maximum Gasteiger partial charge on any atom is 0.261 e. The normalized spacial score (nSPS) is 16.8. The molecule has 132 valence electrons. The molecule has 4 rings (SSSR count). The van der Waals surface area contributed by atoms with Crippen LogP contribution < -0.4 is 5.56 Å². The molecule has 1 N–H and O–H groups in total. The van der Waals surface area contributed by atoms with E-state index in [4.69, 9.17) is 4.52 Å². The molecule has 0 spiro atoms. The van der Waals surface area contributed by atoms with Gasteiger partial charge in [0.15, 0.2) is 5.76 Å². The predicted molar refractivity (Wildman–Crippen MR) is 96.8 cm³/mol. The summed E-state index contributed by atoms with van der Waals surface area (Å²) in [6.07, 6.45) is 1.68. The van der Waals surface area contributed by atoms with Crippen molar-refractivity contribution in [2.75, 3.05) is 6.54 Å². The number of carbonyl (C=O) groups is 1. The lowest BCUT2D eigenvalue weighted by molar-refractivity contribution is 0.0713. The van der Waals surface area contributed by atoms with Gasteiger partial charge in [0, 0.05) is 18.3 Å². The Bertz CT molecular complexity index is 991. The van der Waals surface area contributed by atoms with Crippen molar-refractivity contribution in [3.8, 4) is 11.3 Å². The van der Waals surface area contributed by atoms with Crippen LogP contribution in [0.15, 0.2) is 57.8 Å². The van der Waals surface area contributed by atoms with E-state index in [2.05, 4.69) is 10.1 Å². The third-order valence-electron chi connectivity index (χ3n) is 4.71. The van der Waals surface area contributed by atoms with Crippen molar-refractivity contribution in [2.24, 2.45) is 0 Å². The first kappa shape index (κ1) is 16.3. The molecule has 1 aliphatic heterocycles. The number of carbonyl (C=O) groups excluding carboxylic acids is 1. The molecule has 0 saturated carbocycles. The fourth-order valence-electron chi connectivity index (χ4n) is 3.43. The molecule has 26 heavy (non-hydrogen) atoms. The number of amides is 1. The third kappa shape index (κ3) is 2.94. The average molecular weight is 349 g/mol. The molecule has 3 heterocycles. The van der Waals surface area contributed by atoms with E-state index in [1.807, 2.05) is 43.3 Å². The number of hydrogen-bond acceptors (Lipinski definition) is 4. The predicted octanol–water partition coefficient (Wildman–Crippen LogP) is 3.32. The van der Waals surface area contributed by atoms with Gasteiger partial charge in [-0.1, -0.05) is 35.5 Å². The number of pyridine rings is 1. The van der Waals surface area contributed by atoms with Crippen LogP contribution in [-0.4, -0.2) is 27.5 Å². The highest BCUT2D eigenvalue weighted by Crippen LogP contribution is 2.33. The number of nitrogens with one attached hydrogen (secondary N) is 1. The van der Waals surface area contributed by atoms with E-state index >= 15 is 0 Å². The molecule has 1 amide bonds. The van der Waals surface area contributed by atoms with Gasteiger partial charge < -0.3 is 14.4 Å². The summed E-state index contributed by atoms with van der Waals surface area (Å²) >= 11 is 0. The average Bonchev–Trinajstić information content (AvgIpc) is 3.30. The van der Waals surface area contributed by atoms with Gasteiger partial charge in [0.1, 0.15) is 5.56 Å². The Morgan fingerprint density at radius 3 is 2.73 bits per heavy atom. The Balaban J connectivity index is 1.63. The highest BCUT2D eigenvalue weighted by molar-refractivity contribution is 5.94. The molecule has 6 heteroatoms.